The van der Waals surface area contributed by atoms with Crippen LogP contribution < -0.4 is 10.6 Å². The minimum Gasteiger partial charge on any atom is -0.379 e. The summed E-state index contributed by atoms with van der Waals surface area (Å²) in [7, 11) is 3.47. The van der Waals surface area contributed by atoms with Gasteiger partial charge in [-0.05, 0) is 39.9 Å². The monoisotopic (exact) mass is 270 g/mol. The van der Waals surface area contributed by atoms with Crippen LogP contribution in [0.15, 0.2) is 17.1 Å². The second-order valence-electron chi connectivity index (χ2n) is 4.37. The van der Waals surface area contributed by atoms with Crippen LogP contribution in [-0.4, -0.2) is 61.7 Å². The fourth-order valence-corrected chi connectivity index (χ4v) is 1.27. The number of carbonyl (C=O) groups excluding carboxylic acids is 1. The van der Waals surface area contributed by atoms with Crippen molar-refractivity contribution in [2.45, 2.75) is 32.7 Å². The molecule has 2 atom stereocenters. The Morgan fingerprint density at radius 1 is 1.47 bits per heavy atom. The summed E-state index contributed by atoms with van der Waals surface area (Å²) in [4.78, 5) is 17.0. The van der Waals surface area contributed by atoms with E-state index in [4.69, 9.17) is 0 Å². The lowest BCUT2D eigenvalue weighted by molar-refractivity contribution is -0.116. The number of nitrogens with zero attached hydrogens (tertiary/aromatic N) is 2. The van der Waals surface area contributed by atoms with Crippen LogP contribution in [0.4, 0.5) is 0 Å². The molecule has 0 aromatic carbocycles. The van der Waals surface area contributed by atoms with Gasteiger partial charge in [-0.2, -0.15) is 0 Å². The Labute approximate surface area is 115 Å². The molecule has 1 amide bonds. The molecule has 110 valence electrons. The van der Waals surface area contributed by atoms with Gasteiger partial charge in [0.15, 0.2) is 0 Å². The Hall–Kier alpha value is -1.24. The van der Waals surface area contributed by atoms with Crippen molar-refractivity contribution in [3.05, 3.63) is 12.2 Å². The molecule has 0 bridgehead atoms. The molecule has 19 heavy (non-hydrogen) atoms. The van der Waals surface area contributed by atoms with E-state index < -0.39 is 6.23 Å². The molecule has 0 aliphatic rings. The lowest BCUT2D eigenvalue weighted by atomic mass is 10.3. The molecule has 0 aromatic heterocycles. The molecule has 0 saturated heterocycles. The Kier molecular flexibility index (Phi) is 9.97. The first kappa shape index (κ1) is 17.8. The summed E-state index contributed by atoms with van der Waals surface area (Å²) in [5, 5.41) is 15.0. The normalized spacial score (nSPS) is 15.3. The standard InChI is InChI=1S/C13H26N4O2/c1-11(15-8-5-7-13(19)14-3)16-9-6-10-17(4)12(2)18/h5,7-8,11-12,16,18H,6,9-10H2,1-4H3,(H,14,19)/b7-5+,15-8-. The number of aliphatic imine (C=N–C) groups is 1. The molecule has 0 spiro atoms. The third-order valence-electron chi connectivity index (χ3n) is 2.65. The van der Waals surface area contributed by atoms with E-state index in [1.54, 1.807) is 26.3 Å². The van der Waals surface area contributed by atoms with E-state index in [1.807, 2.05) is 18.9 Å². The van der Waals surface area contributed by atoms with Crippen LogP contribution in [0.5, 0.6) is 0 Å². The Morgan fingerprint density at radius 3 is 2.74 bits per heavy atom. The first-order valence-electron chi connectivity index (χ1n) is 6.50. The summed E-state index contributed by atoms with van der Waals surface area (Å²) in [6.45, 7) is 5.36. The van der Waals surface area contributed by atoms with Crippen LogP contribution in [0.25, 0.3) is 0 Å². The van der Waals surface area contributed by atoms with Gasteiger partial charge in [0.2, 0.25) is 5.91 Å². The smallest absolute Gasteiger partial charge is 0.243 e. The predicted molar refractivity (Wildman–Crippen MR) is 78.1 cm³/mol. The molecular weight excluding hydrogens is 244 g/mol. The van der Waals surface area contributed by atoms with Gasteiger partial charge in [-0.15, -0.1) is 0 Å². The molecule has 6 heteroatoms. The topological polar surface area (TPSA) is 77.0 Å². The molecule has 0 aliphatic heterocycles. The number of aliphatic hydroxyl groups excluding tert-OH is 1. The highest BCUT2D eigenvalue weighted by atomic mass is 16.3. The second kappa shape index (κ2) is 10.7. The summed E-state index contributed by atoms with van der Waals surface area (Å²) in [5.74, 6) is -0.145. The third kappa shape index (κ3) is 10.4. The maximum atomic E-state index is 10.9. The molecule has 0 heterocycles. The Morgan fingerprint density at radius 2 is 2.16 bits per heavy atom. The van der Waals surface area contributed by atoms with Gasteiger partial charge in [0.25, 0.3) is 0 Å². The van der Waals surface area contributed by atoms with Crippen LogP contribution in [-0.2, 0) is 4.79 Å². The van der Waals surface area contributed by atoms with Gasteiger partial charge in [0.1, 0.15) is 6.23 Å². The van der Waals surface area contributed by atoms with Gasteiger partial charge in [-0.25, -0.2) is 0 Å². The number of aliphatic hydroxyl groups is 1. The molecule has 3 N–H and O–H groups in total. The minimum atomic E-state index is -0.412. The molecule has 0 rings (SSSR count). The fraction of sp³-hybridized carbons (Fsp3) is 0.692. The van der Waals surface area contributed by atoms with E-state index in [0.717, 1.165) is 19.5 Å². The van der Waals surface area contributed by atoms with Crippen molar-refractivity contribution in [3.63, 3.8) is 0 Å². The molecule has 0 saturated carbocycles. The first-order valence-corrected chi connectivity index (χ1v) is 6.50. The molecule has 0 aliphatic carbocycles. The molecule has 0 radical (unpaired) electrons. The van der Waals surface area contributed by atoms with Gasteiger partial charge < -0.3 is 10.4 Å². The number of hydrogen-bond donors (Lipinski definition) is 3. The third-order valence-corrected chi connectivity index (χ3v) is 2.65. The van der Waals surface area contributed by atoms with Crippen molar-refractivity contribution in [1.82, 2.24) is 15.5 Å². The van der Waals surface area contributed by atoms with Gasteiger partial charge in [-0.1, -0.05) is 0 Å². The van der Waals surface area contributed by atoms with Gasteiger partial charge in [0.05, 0.1) is 6.17 Å². The predicted octanol–water partition coefficient (Wildman–Crippen LogP) is -0.0448. The highest BCUT2D eigenvalue weighted by Crippen LogP contribution is 1.92. The number of likely N-dealkylation sites (N-methyl/N-ethyl adjacent to an activating group) is 1. The van der Waals surface area contributed by atoms with Crippen LogP contribution in [0.1, 0.15) is 20.3 Å². The number of allylic oxidation sites excluding steroid dienone is 1. The zero-order chi connectivity index (χ0) is 14.7. The summed E-state index contributed by atoms with van der Waals surface area (Å²) in [6, 6.07) is 0. The van der Waals surface area contributed by atoms with Crippen LogP contribution in [0.2, 0.25) is 0 Å². The zero-order valence-corrected chi connectivity index (χ0v) is 12.3. The zero-order valence-electron chi connectivity index (χ0n) is 12.3. The molecule has 0 aromatic rings. The summed E-state index contributed by atoms with van der Waals surface area (Å²) in [6.07, 6.45) is 5.17. The lowest BCUT2D eigenvalue weighted by Crippen LogP contribution is -2.32. The quantitative estimate of drug-likeness (QED) is 0.238. The van der Waals surface area contributed by atoms with E-state index in [1.165, 1.54) is 6.08 Å². The summed E-state index contributed by atoms with van der Waals surface area (Å²) >= 11 is 0. The average Bonchev–Trinajstić information content (AvgIpc) is 2.38. The lowest BCUT2D eigenvalue weighted by Gasteiger charge is -2.19. The van der Waals surface area contributed by atoms with Gasteiger partial charge >= 0.3 is 0 Å². The first-order chi connectivity index (χ1) is 8.97. The number of nitrogens with one attached hydrogen (secondary N) is 2. The van der Waals surface area contributed by atoms with E-state index in [-0.39, 0.29) is 12.1 Å². The fourth-order valence-electron chi connectivity index (χ4n) is 1.27. The number of carbonyl (C=O) groups is 1. The van der Waals surface area contributed by atoms with Crippen LogP contribution in [0, 0.1) is 0 Å². The van der Waals surface area contributed by atoms with Crippen molar-refractivity contribution in [2.75, 3.05) is 27.2 Å². The van der Waals surface area contributed by atoms with Crippen molar-refractivity contribution >= 4 is 12.1 Å². The van der Waals surface area contributed by atoms with Gasteiger partial charge in [-0.3, -0.25) is 20.0 Å². The maximum absolute atomic E-state index is 10.9. The Bertz CT molecular complexity index is 303. The maximum Gasteiger partial charge on any atom is 0.243 e. The van der Waals surface area contributed by atoms with Gasteiger partial charge in [0, 0.05) is 25.9 Å². The van der Waals surface area contributed by atoms with Crippen molar-refractivity contribution < 1.29 is 9.90 Å². The van der Waals surface area contributed by atoms with Crippen molar-refractivity contribution in [3.8, 4) is 0 Å². The van der Waals surface area contributed by atoms with Crippen molar-refractivity contribution in [1.29, 1.82) is 0 Å². The SMILES string of the molecule is CNC(=O)/C=C/C=N\C(C)NCCCN(C)C(C)O. The number of amides is 1. The largest absolute Gasteiger partial charge is 0.379 e. The van der Waals surface area contributed by atoms with Crippen molar-refractivity contribution in [2.24, 2.45) is 4.99 Å². The van der Waals surface area contributed by atoms with Crippen LogP contribution >= 0.6 is 0 Å². The molecular formula is C13H26N4O2. The molecule has 2 unspecified atom stereocenters. The van der Waals surface area contributed by atoms with E-state index >= 15 is 0 Å². The highest BCUT2D eigenvalue weighted by Gasteiger charge is 2.03. The highest BCUT2D eigenvalue weighted by molar-refractivity contribution is 5.91. The molecule has 6 nitrogen and oxygen atoms in total. The Balaban J connectivity index is 3.70. The van der Waals surface area contributed by atoms with Crippen LogP contribution in [0.3, 0.4) is 0 Å². The van der Waals surface area contributed by atoms with E-state index in [0.29, 0.717) is 0 Å². The number of hydrogen-bond acceptors (Lipinski definition) is 5. The minimum absolute atomic E-state index is 0.00574. The summed E-state index contributed by atoms with van der Waals surface area (Å²) in [5.41, 5.74) is 0. The average molecular weight is 270 g/mol. The van der Waals surface area contributed by atoms with E-state index in [9.17, 15) is 9.90 Å². The van der Waals surface area contributed by atoms with E-state index in [2.05, 4.69) is 15.6 Å². The molecule has 0 fully saturated rings. The number of rotatable bonds is 9. The second-order valence-corrected chi connectivity index (χ2v) is 4.37. The summed E-state index contributed by atoms with van der Waals surface area (Å²) < 4.78 is 0.